The van der Waals surface area contributed by atoms with Crippen LogP contribution in [-0.2, 0) is 13.0 Å². The molecule has 0 unspecified atom stereocenters. The first-order valence-corrected chi connectivity index (χ1v) is 6.54. The van der Waals surface area contributed by atoms with E-state index in [1.807, 2.05) is 11.0 Å². The summed E-state index contributed by atoms with van der Waals surface area (Å²) >= 11 is 0. The van der Waals surface area contributed by atoms with Crippen LogP contribution in [0.5, 0.6) is 0 Å². The predicted molar refractivity (Wildman–Crippen MR) is 69.2 cm³/mol. The number of hydrogen-bond donors (Lipinski definition) is 2. The van der Waals surface area contributed by atoms with E-state index in [0.717, 1.165) is 56.7 Å². The second-order valence-corrected chi connectivity index (χ2v) is 4.95. The highest BCUT2D eigenvalue weighted by Gasteiger charge is 2.23. The molecule has 5 heteroatoms. The topological polar surface area (TPSA) is 71.2 Å². The second-order valence-electron chi connectivity index (χ2n) is 4.95. The molecule has 2 aliphatic rings. The Morgan fingerprint density at radius 1 is 1.39 bits per heavy atom. The highest BCUT2D eigenvalue weighted by molar-refractivity contribution is 5.98. The SMILES string of the molecule is Nc1nc2c(cc1C(=O)N1CCCC1)CNCC2. The molecule has 2 aliphatic heterocycles. The van der Waals surface area contributed by atoms with Crippen LogP contribution in [0.2, 0.25) is 0 Å². The van der Waals surface area contributed by atoms with Gasteiger partial charge >= 0.3 is 0 Å². The third-order valence-corrected chi connectivity index (χ3v) is 3.70. The van der Waals surface area contributed by atoms with Crippen molar-refractivity contribution < 1.29 is 4.79 Å². The van der Waals surface area contributed by atoms with Gasteiger partial charge in [0.2, 0.25) is 0 Å². The zero-order chi connectivity index (χ0) is 12.5. The fourth-order valence-corrected chi connectivity index (χ4v) is 2.67. The number of amides is 1. The van der Waals surface area contributed by atoms with Gasteiger partial charge in [-0.1, -0.05) is 0 Å². The standard InChI is InChI=1S/C13H18N4O/c14-12-10(13(18)17-5-1-2-6-17)7-9-8-15-4-3-11(9)16-12/h7,15H,1-6,8H2,(H2,14,16). The summed E-state index contributed by atoms with van der Waals surface area (Å²) < 4.78 is 0. The van der Waals surface area contributed by atoms with Crippen LogP contribution in [0.1, 0.15) is 34.5 Å². The van der Waals surface area contributed by atoms with Gasteiger partial charge in [-0.2, -0.15) is 0 Å². The van der Waals surface area contributed by atoms with Crippen LogP contribution in [-0.4, -0.2) is 35.4 Å². The van der Waals surface area contributed by atoms with Gasteiger partial charge in [-0.25, -0.2) is 4.98 Å². The summed E-state index contributed by atoms with van der Waals surface area (Å²) in [7, 11) is 0. The Hall–Kier alpha value is -1.62. The van der Waals surface area contributed by atoms with Gasteiger partial charge in [0.05, 0.1) is 5.56 Å². The number of carbonyl (C=O) groups excluding carboxylic acids is 1. The fourth-order valence-electron chi connectivity index (χ4n) is 2.67. The third kappa shape index (κ3) is 1.95. The minimum Gasteiger partial charge on any atom is -0.383 e. The molecule has 1 fully saturated rings. The number of anilines is 1. The number of nitrogens with one attached hydrogen (secondary N) is 1. The van der Waals surface area contributed by atoms with Crippen LogP contribution in [0.3, 0.4) is 0 Å². The van der Waals surface area contributed by atoms with Crippen LogP contribution in [0.15, 0.2) is 6.07 Å². The molecule has 0 aromatic carbocycles. The number of nitrogen functional groups attached to an aromatic ring is 1. The summed E-state index contributed by atoms with van der Waals surface area (Å²) in [5, 5.41) is 3.29. The first kappa shape index (κ1) is 11.5. The lowest BCUT2D eigenvalue weighted by molar-refractivity contribution is 0.0793. The number of nitrogens with zero attached hydrogens (tertiary/aromatic N) is 2. The van der Waals surface area contributed by atoms with Crippen LogP contribution in [0, 0.1) is 0 Å². The van der Waals surface area contributed by atoms with E-state index in [4.69, 9.17) is 5.73 Å². The van der Waals surface area contributed by atoms with Gasteiger partial charge in [-0.3, -0.25) is 4.79 Å². The van der Waals surface area contributed by atoms with Crippen LogP contribution < -0.4 is 11.1 Å². The summed E-state index contributed by atoms with van der Waals surface area (Å²) in [6, 6.07) is 1.92. The van der Waals surface area contributed by atoms with E-state index < -0.39 is 0 Å². The molecule has 0 atom stereocenters. The lowest BCUT2D eigenvalue weighted by atomic mass is 10.0. The molecule has 3 rings (SSSR count). The van der Waals surface area contributed by atoms with Crippen molar-refractivity contribution in [2.75, 3.05) is 25.4 Å². The second kappa shape index (κ2) is 4.57. The van der Waals surface area contributed by atoms with Crippen molar-refractivity contribution in [3.05, 3.63) is 22.9 Å². The van der Waals surface area contributed by atoms with E-state index in [-0.39, 0.29) is 5.91 Å². The van der Waals surface area contributed by atoms with Crippen molar-refractivity contribution in [1.82, 2.24) is 15.2 Å². The Labute approximate surface area is 106 Å². The summed E-state index contributed by atoms with van der Waals surface area (Å²) in [5.74, 6) is 0.415. The molecule has 1 saturated heterocycles. The van der Waals surface area contributed by atoms with Crippen molar-refractivity contribution in [2.45, 2.75) is 25.8 Å². The molecule has 0 saturated carbocycles. The lowest BCUT2D eigenvalue weighted by Crippen LogP contribution is -2.30. The van der Waals surface area contributed by atoms with Crippen molar-refractivity contribution in [3.63, 3.8) is 0 Å². The largest absolute Gasteiger partial charge is 0.383 e. The molecule has 5 nitrogen and oxygen atoms in total. The average molecular weight is 246 g/mol. The van der Waals surface area contributed by atoms with Crippen LogP contribution in [0.25, 0.3) is 0 Å². The van der Waals surface area contributed by atoms with E-state index in [9.17, 15) is 4.79 Å². The molecule has 3 N–H and O–H groups in total. The zero-order valence-electron chi connectivity index (χ0n) is 10.4. The van der Waals surface area contributed by atoms with Crippen LogP contribution in [0.4, 0.5) is 5.82 Å². The molecule has 18 heavy (non-hydrogen) atoms. The third-order valence-electron chi connectivity index (χ3n) is 3.70. The fraction of sp³-hybridized carbons (Fsp3) is 0.538. The molecule has 3 heterocycles. The number of rotatable bonds is 1. The maximum atomic E-state index is 12.3. The quantitative estimate of drug-likeness (QED) is 0.759. The number of carbonyl (C=O) groups is 1. The minimum absolute atomic E-state index is 0.0332. The van der Waals surface area contributed by atoms with Gasteiger partial charge in [0.15, 0.2) is 0 Å². The molecule has 0 aliphatic carbocycles. The maximum absolute atomic E-state index is 12.3. The highest BCUT2D eigenvalue weighted by atomic mass is 16.2. The Morgan fingerprint density at radius 2 is 2.17 bits per heavy atom. The van der Waals surface area contributed by atoms with E-state index >= 15 is 0 Å². The monoisotopic (exact) mass is 246 g/mol. The summed E-state index contributed by atoms with van der Waals surface area (Å²) in [4.78, 5) is 18.6. The number of aromatic nitrogens is 1. The zero-order valence-corrected chi connectivity index (χ0v) is 10.4. The smallest absolute Gasteiger partial charge is 0.257 e. The Kier molecular flexibility index (Phi) is 2.91. The number of pyridine rings is 1. The van der Waals surface area contributed by atoms with E-state index in [2.05, 4.69) is 10.3 Å². The molecule has 96 valence electrons. The van der Waals surface area contributed by atoms with Crippen molar-refractivity contribution in [1.29, 1.82) is 0 Å². The van der Waals surface area contributed by atoms with E-state index in [1.54, 1.807) is 0 Å². The van der Waals surface area contributed by atoms with Gasteiger partial charge < -0.3 is 16.0 Å². The van der Waals surface area contributed by atoms with Gasteiger partial charge in [0, 0.05) is 38.3 Å². The Bertz CT molecular complexity index is 480. The average Bonchev–Trinajstić information content (AvgIpc) is 2.91. The number of nitrogens with two attached hydrogens (primary N) is 1. The predicted octanol–water partition coefficient (Wildman–Crippen LogP) is 0.545. The van der Waals surface area contributed by atoms with Gasteiger partial charge in [-0.15, -0.1) is 0 Å². The first-order chi connectivity index (χ1) is 8.75. The highest BCUT2D eigenvalue weighted by Crippen LogP contribution is 2.21. The Balaban J connectivity index is 1.93. The minimum atomic E-state index is 0.0332. The molecule has 1 amide bonds. The molecule has 1 aromatic rings. The summed E-state index contributed by atoms with van der Waals surface area (Å²) in [6.45, 7) is 3.39. The number of hydrogen-bond acceptors (Lipinski definition) is 4. The molecule has 0 bridgehead atoms. The van der Waals surface area contributed by atoms with Gasteiger partial charge in [-0.05, 0) is 24.5 Å². The molecular formula is C13H18N4O. The number of likely N-dealkylation sites (tertiary alicyclic amines) is 1. The van der Waals surface area contributed by atoms with Crippen LogP contribution >= 0.6 is 0 Å². The van der Waals surface area contributed by atoms with Crippen molar-refractivity contribution in [2.24, 2.45) is 0 Å². The first-order valence-electron chi connectivity index (χ1n) is 6.54. The van der Waals surface area contributed by atoms with Gasteiger partial charge in [0.1, 0.15) is 5.82 Å². The molecule has 0 radical (unpaired) electrons. The van der Waals surface area contributed by atoms with E-state index in [1.165, 1.54) is 0 Å². The molecule has 0 spiro atoms. The normalized spacial score (nSPS) is 18.8. The van der Waals surface area contributed by atoms with Crippen molar-refractivity contribution in [3.8, 4) is 0 Å². The van der Waals surface area contributed by atoms with Gasteiger partial charge in [0.25, 0.3) is 5.91 Å². The number of fused-ring (bicyclic) bond motifs is 1. The summed E-state index contributed by atoms with van der Waals surface area (Å²) in [5.41, 5.74) is 8.64. The van der Waals surface area contributed by atoms with E-state index in [0.29, 0.717) is 11.4 Å². The van der Waals surface area contributed by atoms with Crippen molar-refractivity contribution >= 4 is 11.7 Å². The lowest BCUT2D eigenvalue weighted by Gasteiger charge is -2.20. The summed E-state index contributed by atoms with van der Waals surface area (Å²) in [6.07, 6.45) is 3.06. The Morgan fingerprint density at radius 3 is 2.94 bits per heavy atom. The molecular weight excluding hydrogens is 228 g/mol. The maximum Gasteiger partial charge on any atom is 0.257 e. The molecule has 1 aromatic heterocycles.